The first-order chi connectivity index (χ1) is 18.8. The van der Waals surface area contributed by atoms with E-state index in [1.54, 1.807) is 41.6 Å². The van der Waals surface area contributed by atoms with Crippen molar-refractivity contribution in [1.29, 1.82) is 0 Å². The van der Waals surface area contributed by atoms with Crippen molar-refractivity contribution < 1.29 is 19.2 Å². The fourth-order valence-corrected chi connectivity index (χ4v) is 4.78. The molecule has 2 N–H and O–H groups in total. The molecule has 1 aliphatic rings. The molecule has 2 heterocycles. The molecule has 202 valence electrons. The van der Waals surface area contributed by atoms with Crippen molar-refractivity contribution in [2.75, 3.05) is 41.7 Å². The minimum absolute atomic E-state index is 0.00836. The number of rotatable bonds is 9. The van der Waals surface area contributed by atoms with Crippen LogP contribution in [0.5, 0.6) is 0 Å². The van der Waals surface area contributed by atoms with Crippen LogP contribution in [0.3, 0.4) is 0 Å². The molecule has 1 aliphatic heterocycles. The Morgan fingerprint density at radius 2 is 1.56 bits per heavy atom. The van der Waals surface area contributed by atoms with Crippen LogP contribution >= 0.6 is 0 Å². The quantitative estimate of drug-likeness (QED) is 0.403. The highest BCUT2D eigenvalue weighted by molar-refractivity contribution is 6.08. The third-order valence-electron chi connectivity index (χ3n) is 6.75. The Hall–Kier alpha value is -4.37. The first-order valence-corrected chi connectivity index (χ1v) is 13.0. The maximum Gasteiger partial charge on any atom is 0.258 e. The molecule has 1 saturated heterocycles. The number of piperidine rings is 1. The van der Waals surface area contributed by atoms with Gasteiger partial charge in [-0.05, 0) is 56.3 Å². The van der Waals surface area contributed by atoms with Crippen molar-refractivity contribution in [3.8, 4) is 0 Å². The van der Waals surface area contributed by atoms with E-state index in [1.807, 2.05) is 36.4 Å². The van der Waals surface area contributed by atoms with E-state index in [-0.39, 0.29) is 29.4 Å². The van der Waals surface area contributed by atoms with Gasteiger partial charge in [-0.3, -0.25) is 24.2 Å². The SMILES string of the molecule is CC(=O)Nc1ccc(C(=O)N(CCN2CCC(C(=O)c3ccccc3)CC2)c2cccnc2)cc1NC(C)=O. The number of benzene rings is 2. The van der Waals surface area contributed by atoms with Gasteiger partial charge in [-0.25, -0.2) is 0 Å². The molecule has 0 atom stereocenters. The van der Waals surface area contributed by atoms with Crippen molar-refractivity contribution in [3.05, 3.63) is 84.2 Å². The molecule has 0 bridgehead atoms. The third kappa shape index (κ3) is 7.36. The van der Waals surface area contributed by atoms with Gasteiger partial charge < -0.3 is 20.4 Å². The van der Waals surface area contributed by atoms with E-state index in [9.17, 15) is 19.2 Å². The number of anilines is 3. The Labute approximate surface area is 228 Å². The second-order valence-corrected chi connectivity index (χ2v) is 9.64. The van der Waals surface area contributed by atoms with E-state index in [0.29, 0.717) is 35.7 Å². The second kappa shape index (κ2) is 12.9. The normalized spacial score (nSPS) is 13.9. The molecule has 0 spiro atoms. The number of ketones is 1. The van der Waals surface area contributed by atoms with Gasteiger partial charge in [0.05, 0.1) is 23.3 Å². The van der Waals surface area contributed by atoms with E-state index in [1.165, 1.54) is 13.8 Å². The molecule has 0 unspecified atom stereocenters. The van der Waals surface area contributed by atoms with Crippen LogP contribution in [0.25, 0.3) is 0 Å². The lowest BCUT2D eigenvalue weighted by atomic mass is 9.89. The lowest BCUT2D eigenvalue weighted by Gasteiger charge is -2.33. The Kier molecular flexibility index (Phi) is 9.17. The summed E-state index contributed by atoms with van der Waals surface area (Å²) >= 11 is 0. The monoisotopic (exact) mass is 527 g/mol. The highest BCUT2D eigenvalue weighted by Gasteiger charge is 2.27. The van der Waals surface area contributed by atoms with Gasteiger partial charge in [-0.15, -0.1) is 0 Å². The van der Waals surface area contributed by atoms with Gasteiger partial charge in [0, 0.05) is 50.2 Å². The van der Waals surface area contributed by atoms with Gasteiger partial charge in [0.15, 0.2) is 5.78 Å². The molecule has 3 amide bonds. The number of carbonyl (C=O) groups excluding carboxylic acids is 4. The number of pyridine rings is 1. The summed E-state index contributed by atoms with van der Waals surface area (Å²) in [7, 11) is 0. The van der Waals surface area contributed by atoms with Crippen LogP contribution in [0.4, 0.5) is 17.1 Å². The number of carbonyl (C=O) groups is 4. The van der Waals surface area contributed by atoms with Gasteiger partial charge in [0.1, 0.15) is 0 Å². The molecule has 1 fully saturated rings. The first-order valence-electron chi connectivity index (χ1n) is 13.0. The van der Waals surface area contributed by atoms with Crippen LogP contribution in [0.1, 0.15) is 47.4 Å². The third-order valence-corrected chi connectivity index (χ3v) is 6.75. The van der Waals surface area contributed by atoms with Crippen molar-refractivity contribution >= 4 is 40.6 Å². The smallest absolute Gasteiger partial charge is 0.258 e. The largest absolute Gasteiger partial charge is 0.325 e. The number of hydrogen-bond donors (Lipinski definition) is 2. The Morgan fingerprint density at radius 3 is 2.21 bits per heavy atom. The van der Waals surface area contributed by atoms with Crippen molar-refractivity contribution in [1.82, 2.24) is 9.88 Å². The number of aromatic nitrogens is 1. The molecule has 0 radical (unpaired) electrons. The fraction of sp³-hybridized carbons (Fsp3) is 0.300. The lowest BCUT2D eigenvalue weighted by molar-refractivity contribution is -0.115. The Morgan fingerprint density at radius 1 is 0.872 bits per heavy atom. The number of nitrogens with one attached hydrogen (secondary N) is 2. The zero-order valence-electron chi connectivity index (χ0n) is 22.2. The Bertz CT molecular complexity index is 1320. The predicted molar refractivity (Wildman–Crippen MR) is 151 cm³/mol. The Balaban J connectivity index is 1.46. The number of nitrogens with zero attached hydrogens (tertiary/aromatic N) is 3. The van der Waals surface area contributed by atoms with E-state index in [0.717, 1.165) is 31.5 Å². The van der Waals surface area contributed by atoms with Crippen LogP contribution in [-0.4, -0.2) is 59.6 Å². The zero-order chi connectivity index (χ0) is 27.8. The molecule has 39 heavy (non-hydrogen) atoms. The van der Waals surface area contributed by atoms with Crippen molar-refractivity contribution in [2.24, 2.45) is 5.92 Å². The van der Waals surface area contributed by atoms with E-state index in [4.69, 9.17) is 0 Å². The molecule has 0 saturated carbocycles. The lowest BCUT2D eigenvalue weighted by Crippen LogP contribution is -2.43. The van der Waals surface area contributed by atoms with Crippen LogP contribution in [-0.2, 0) is 9.59 Å². The summed E-state index contributed by atoms with van der Waals surface area (Å²) in [5, 5.41) is 5.37. The van der Waals surface area contributed by atoms with Gasteiger partial charge in [0.2, 0.25) is 11.8 Å². The molecule has 9 nitrogen and oxygen atoms in total. The summed E-state index contributed by atoms with van der Waals surface area (Å²) in [6, 6.07) is 17.8. The summed E-state index contributed by atoms with van der Waals surface area (Å²) in [5.41, 5.74) is 2.54. The number of hydrogen-bond acceptors (Lipinski definition) is 6. The van der Waals surface area contributed by atoms with Crippen LogP contribution in [0.15, 0.2) is 73.1 Å². The van der Waals surface area contributed by atoms with Gasteiger partial charge >= 0.3 is 0 Å². The average Bonchev–Trinajstić information content (AvgIpc) is 2.94. The number of Topliss-reactive ketones (excluding diaryl/α,β-unsaturated/α-hetero) is 1. The van der Waals surface area contributed by atoms with Crippen molar-refractivity contribution in [2.45, 2.75) is 26.7 Å². The van der Waals surface area contributed by atoms with Crippen molar-refractivity contribution in [3.63, 3.8) is 0 Å². The van der Waals surface area contributed by atoms with Gasteiger partial charge in [0.25, 0.3) is 5.91 Å². The minimum atomic E-state index is -0.315. The molecular formula is C30H33N5O4. The predicted octanol–water partition coefficient (Wildman–Crippen LogP) is 4.24. The highest BCUT2D eigenvalue weighted by atomic mass is 16.2. The van der Waals surface area contributed by atoms with Gasteiger partial charge in [-0.2, -0.15) is 0 Å². The van der Waals surface area contributed by atoms with Gasteiger partial charge in [-0.1, -0.05) is 30.3 Å². The molecule has 3 aromatic rings. The topological polar surface area (TPSA) is 112 Å². The number of likely N-dealkylation sites (tertiary alicyclic amines) is 1. The summed E-state index contributed by atoms with van der Waals surface area (Å²) in [6.45, 7) is 5.35. The summed E-state index contributed by atoms with van der Waals surface area (Å²) in [5.74, 6) is -0.649. The van der Waals surface area contributed by atoms with E-state index in [2.05, 4.69) is 20.5 Å². The van der Waals surface area contributed by atoms with Crippen LogP contribution in [0, 0.1) is 5.92 Å². The van der Waals surface area contributed by atoms with Crippen LogP contribution in [0.2, 0.25) is 0 Å². The average molecular weight is 528 g/mol. The summed E-state index contributed by atoms with van der Waals surface area (Å²) in [4.78, 5) is 58.1. The van der Waals surface area contributed by atoms with Crippen LogP contribution < -0.4 is 15.5 Å². The molecule has 1 aromatic heterocycles. The summed E-state index contributed by atoms with van der Waals surface area (Å²) < 4.78 is 0. The maximum absolute atomic E-state index is 13.7. The molecule has 2 aromatic carbocycles. The molecule has 0 aliphatic carbocycles. The summed E-state index contributed by atoms with van der Waals surface area (Å²) in [6.07, 6.45) is 4.85. The zero-order valence-corrected chi connectivity index (χ0v) is 22.2. The molecule has 9 heteroatoms. The minimum Gasteiger partial charge on any atom is -0.325 e. The molecular weight excluding hydrogens is 494 g/mol. The first kappa shape index (κ1) is 27.7. The fourth-order valence-electron chi connectivity index (χ4n) is 4.78. The highest BCUT2D eigenvalue weighted by Crippen LogP contribution is 2.26. The number of amides is 3. The second-order valence-electron chi connectivity index (χ2n) is 9.64. The van der Waals surface area contributed by atoms with E-state index < -0.39 is 0 Å². The standard InChI is InChI=1S/C30H33N5O4/c1-21(36)32-27-11-10-25(19-28(27)33-22(2)37)30(39)35(26-9-6-14-31-20-26)18-17-34-15-12-24(13-16-34)29(38)23-7-4-3-5-8-23/h3-11,14,19-20,24H,12-13,15-18H2,1-2H3,(H,32,36)(H,33,37). The maximum atomic E-state index is 13.7. The molecule has 4 rings (SSSR count). The van der Waals surface area contributed by atoms with E-state index >= 15 is 0 Å².